The molecule has 1 saturated carbocycles. The molecular formula is C13H22F3NO. The quantitative estimate of drug-likeness (QED) is 0.785. The molecule has 0 bridgehead atoms. The molecule has 2 nitrogen and oxygen atoms in total. The van der Waals surface area contributed by atoms with Gasteiger partial charge in [-0.1, -0.05) is 6.92 Å². The predicted octanol–water partition coefficient (Wildman–Crippen LogP) is 3.27. The van der Waals surface area contributed by atoms with Gasteiger partial charge < -0.3 is 10.1 Å². The maximum absolute atomic E-state index is 12.7. The summed E-state index contributed by atoms with van der Waals surface area (Å²) in [6.07, 6.45) is -1.74. The lowest BCUT2D eigenvalue weighted by molar-refractivity contribution is -0.221. The van der Waals surface area contributed by atoms with E-state index in [2.05, 4.69) is 12.2 Å². The van der Waals surface area contributed by atoms with E-state index in [0.717, 1.165) is 13.0 Å². The third kappa shape index (κ3) is 2.82. The van der Waals surface area contributed by atoms with Crippen LogP contribution in [0.3, 0.4) is 0 Å². The van der Waals surface area contributed by atoms with Crippen molar-refractivity contribution in [3.63, 3.8) is 0 Å². The number of alkyl halides is 3. The van der Waals surface area contributed by atoms with E-state index in [1.165, 1.54) is 0 Å². The van der Waals surface area contributed by atoms with Crippen LogP contribution in [0.25, 0.3) is 0 Å². The van der Waals surface area contributed by atoms with Crippen LogP contribution in [0.4, 0.5) is 13.2 Å². The molecule has 5 heteroatoms. The molecule has 1 heterocycles. The second-order valence-electron chi connectivity index (χ2n) is 6.01. The first-order valence-electron chi connectivity index (χ1n) is 6.76. The first kappa shape index (κ1) is 14.1. The Morgan fingerprint density at radius 1 is 1.22 bits per heavy atom. The monoisotopic (exact) mass is 265 g/mol. The molecule has 0 radical (unpaired) electrons. The number of hydrogen-bond acceptors (Lipinski definition) is 2. The third-order valence-electron chi connectivity index (χ3n) is 4.52. The van der Waals surface area contributed by atoms with Gasteiger partial charge in [0.15, 0.2) is 0 Å². The molecular weight excluding hydrogens is 243 g/mol. The molecule has 0 amide bonds. The predicted molar refractivity (Wildman–Crippen MR) is 63.4 cm³/mol. The molecule has 1 aliphatic heterocycles. The van der Waals surface area contributed by atoms with Crippen molar-refractivity contribution in [2.75, 3.05) is 13.1 Å². The van der Waals surface area contributed by atoms with Crippen LogP contribution >= 0.6 is 0 Å². The lowest BCUT2D eigenvalue weighted by Gasteiger charge is -2.50. The van der Waals surface area contributed by atoms with Crippen molar-refractivity contribution in [3.8, 4) is 0 Å². The minimum absolute atomic E-state index is 0.199. The molecule has 1 aliphatic carbocycles. The second-order valence-corrected chi connectivity index (χ2v) is 6.01. The van der Waals surface area contributed by atoms with E-state index in [1.807, 2.05) is 6.92 Å². The van der Waals surface area contributed by atoms with E-state index in [1.54, 1.807) is 0 Å². The first-order valence-corrected chi connectivity index (χ1v) is 6.76. The maximum atomic E-state index is 12.7. The summed E-state index contributed by atoms with van der Waals surface area (Å²) in [6, 6.07) is 0. The summed E-state index contributed by atoms with van der Waals surface area (Å²) in [5.41, 5.74) is -0.603. The molecule has 1 N–H and O–H groups in total. The second kappa shape index (κ2) is 4.67. The lowest BCUT2D eigenvalue weighted by Crippen LogP contribution is -2.60. The largest absolute Gasteiger partial charge is 0.391 e. The fourth-order valence-corrected chi connectivity index (χ4v) is 3.10. The van der Waals surface area contributed by atoms with Gasteiger partial charge in [0.05, 0.1) is 17.1 Å². The van der Waals surface area contributed by atoms with E-state index >= 15 is 0 Å². The minimum atomic E-state index is -4.04. The van der Waals surface area contributed by atoms with Crippen molar-refractivity contribution >= 4 is 0 Å². The molecule has 106 valence electrons. The Balaban J connectivity index is 1.99. The Kier molecular flexibility index (Phi) is 3.67. The average molecular weight is 265 g/mol. The van der Waals surface area contributed by atoms with E-state index in [0.29, 0.717) is 19.4 Å². The number of ether oxygens (including phenoxy) is 1. The SMILES string of the molecule is CCC1(C)CNCC2(CCC(C(F)(F)F)CC2)O1. The lowest BCUT2D eigenvalue weighted by atomic mass is 9.76. The van der Waals surface area contributed by atoms with Crippen molar-refractivity contribution in [1.29, 1.82) is 0 Å². The molecule has 18 heavy (non-hydrogen) atoms. The van der Waals surface area contributed by atoms with Gasteiger partial charge in [-0.05, 0) is 39.0 Å². The topological polar surface area (TPSA) is 21.3 Å². The number of morpholine rings is 1. The zero-order valence-electron chi connectivity index (χ0n) is 11.1. The van der Waals surface area contributed by atoms with Crippen molar-refractivity contribution in [3.05, 3.63) is 0 Å². The Hall–Kier alpha value is -0.290. The highest BCUT2D eigenvalue weighted by Crippen LogP contribution is 2.44. The molecule has 1 unspecified atom stereocenters. The van der Waals surface area contributed by atoms with Crippen molar-refractivity contribution in [2.24, 2.45) is 5.92 Å². The summed E-state index contributed by atoms with van der Waals surface area (Å²) < 4.78 is 44.2. The van der Waals surface area contributed by atoms with Crippen LogP contribution in [-0.2, 0) is 4.74 Å². The van der Waals surface area contributed by atoms with Crippen LogP contribution < -0.4 is 5.32 Å². The van der Waals surface area contributed by atoms with Gasteiger partial charge in [-0.25, -0.2) is 0 Å². The van der Waals surface area contributed by atoms with Crippen LogP contribution in [-0.4, -0.2) is 30.5 Å². The van der Waals surface area contributed by atoms with E-state index in [-0.39, 0.29) is 24.0 Å². The van der Waals surface area contributed by atoms with E-state index < -0.39 is 12.1 Å². The smallest absolute Gasteiger partial charge is 0.366 e. The highest BCUT2D eigenvalue weighted by molar-refractivity contribution is 4.97. The van der Waals surface area contributed by atoms with E-state index in [9.17, 15) is 13.2 Å². The molecule has 2 fully saturated rings. The van der Waals surface area contributed by atoms with Gasteiger partial charge in [-0.3, -0.25) is 0 Å². The van der Waals surface area contributed by atoms with Gasteiger partial charge in [-0.15, -0.1) is 0 Å². The number of nitrogens with one attached hydrogen (secondary N) is 1. The standard InChI is InChI=1S/C13H22F3NO/c1-3-11(2)8-17-9-12(18-11)6-4-10(5-7-12)13(14,15)16/h10,17H,3-9H2,1-2H3. The van der Waals surface area contributed by atoms with Gasteiger partial charge in [0.2, 0.25) is 0 Å². The summed E-state index contributed by atoms with van der Waals surface area (Å²) in [4.78, 5) is 0. The summed E-state index contributed by atoms with van der Waals surface area (Å²) in [5, 5.41) is 3.33. The van der Waals surface area contributed by atoms with Gasteiger partial charge >= 0.3 is 6.18 Å². The third-order valence-corrected chi connectivity index (χ3v) is 4.52. The summed E-state index contributed by atoms with van der Waals surface area (Å²) >= 11 is 0. The van der Waals surface area contributed by atoms with Crippen LogP contribution in [0.5, 0.6) is 0 Å². The van der Waals surface area contributed by atoms with Crippen LogP contribution in [0.15, 0.2) is 0 Å². The molecule has 0 aromatic rings. The molecule has 1 atom stereocenters. The summed E-state index contributed by atoms with van der Waals surface area (Å²) in [7, 11) is 0. The van der Waals surface area contributed by atoms with Crippen LogP contribution in [0, 0.1) is 5.92 Å². The minimum Gasteiger partial charge on any atom is -0.366 e. The zero-order chi connectivity index (χ0) is 13.4. The fourth-order valence-electron chi connectivity index (χ4n) is 3.10. The molecule has 0 aromatic heterocycles. The summed E-state index contributed by atoms with van der Waals surface area (Å²) in [6.45, 7) is 5.57. The van der Waals surface area contributed by atoms with Gasteiger partial charge in [-0.2, -0.15) is 13.2 Å². The first-order chi connectivity index (χ1) is 8.29. The Morgan fingerprint density at radius 2 is 1.83 bits per heavy atom. The fraction of sp³-hybridized carbons (Fsp3) is 1.00. The van der Waals surface area contributed by atoms with Crippen LogP contribution in [0.2, 0.25) is 0 Å². The molecule has 2 aliphatic rings. The van der Waals surface area contributed by atoms with Gasteiger partial charge in [0, 0.05) is 13.1 Å². The number of rotatable bonds is 1. The van der Waals surface area contributed by atoms with Gasteiger partial charge in [0.25, 0.3) is 0 Å². The number of hydrogen-bond donors (Lipinski definition) is 1. The van der Waals surface area contributed by atoms with Gasteiger partial charge in [0.1, 0.15) is 0 Å². The maximum Gasteiger partial charge on any atom is 0.391 e. The molecule has 0 aromatic carbocycles. The normalized spacial score (nSPS) is 42.2. The Bertz CT molecular complexity index is 297. The molecule has 1 spiro atoms. The zero-order valence-corrected chi connectivity index (χ0v) is 11.1. The highest BCUT2D eigenvalue weighted by Gasteiger charge is 2.49. The average Bonchev–Trinajstić information content (AvgIpc) is 2.28. The summed E-state index contributed by atoms with van der Waals surface area (Å²) in [5.74, 6) is -1.14. The Morgan fingerprint density at radius 3 is 2.33 bits per heavy atom. The Labute approximate surface area is 106 Å². The number of halogens is 3. The van der Waals surface area contributed by atoms with Crippen molar-refractivity contribution in [1.82, 2.24) is 5.32 Å². The van der Waals surface area contributed by atoms with Crippen LogP contribution in [0.1, 0.15) is 46.0 Å². The highest BCUT2D eigenvalue weighted by atomic mass is 19.4. The van der Waals surface area contributed by atoms with Crippen molar-refractivity contribution < 1.29 is 17.9 Å². The van der Waals surface area contributed by atoms with E-state index in [4.69, 9.17) is 4.74 Å². The van der Waals surface area contributed by atoms with Crippen molar-refractivity contribution in [2.45, 2.75) is 63.3 Å². The molecule has 1 saturated heterocycles. The molecule has 2 rings (SSSR count).